The van der Waals surface area contributed by atoms with E-state index in [-0.39, 0.29) is 0 Å². The van der Waals surface area contributed by atoms with Gasteiger partial charge in [-0.25, -0.2) is 0 Å². The minimum atomic E-state index is 0.760. The van der Waals surface area contributed by atoms with Crippen LogP contribution >= 0.6 is 0 Å². The van der Waals surface area contributed by atoms with Crippen LogP contribution in [0.1, 0.15) is 37.6 Å². The predicted molar refractivity (Wildman–Crippen MR) is 57.1 cm³/mol. The average molecular weight is 193 g/mol. The topological polar surface area (TPSA) is 29.9 Å². The van der Waals surface area contributed by atoms with Crippen molar-refractivity contribution in [1.82, 2.24) is 15.1 Å². The summed E-state index contributed by atoms with van der Waals surface area (Å²) >= 11 is 0. The summed E-state index contributed by atoms with van der Waals surface area (Å²) in [6.07, 6.45) is 4.09. The Labute approximate surface area is 85.5 Å². The standard InChI is InChI=1S/C11H19N3/c1-3-14-11(7-9(2)13-14)8-12-10-5-4-6-10/h7,10,12H,3-6,8H2,1-2H3. The van der Waals surface area contributed by atoms with E-state index >= 15 is 0 Å². The molecule has 1 saturated carbocycles. The molecule has 1 N–H and O–H groups in total. The zero-order valence-electron chi connectivity index (χ0n) is 9.08. The minimum absolute atomic E-state index is 0.760. The molecule has 3 heteroatoms. The Kier molecular flexibility index (Phi) is 2.87. The second-order valence-corrected chi connectivity index (χ2v) is 4.10. The lowest BCUT2D eigenvalue weighted by Gasteiger charge is -2.26. The van der Waals surface area contributed by atoms with E-state index in [1.54, 1.807) is 0 Å². The van der Waals surface area contributed by atoms with Crippen molar-refractivity contribution in [1.29, 1.82) is 0 Å². The van der Waals surface area contributed by atoms with Crippen molar-refractivity contribution in [2.45, 2.75) is 52.2 Å². The molecular formula is C11H19N3. The second-order valence-electron chi connectivity index (χ2n) is 4.10. The molecule has 0 aliphatic heterocycles. The SMILES string of the molecule is CCn1nc(C)cc1CNC1CCC1. The Hall–Kier alpha value is -0.830. The highest BCUT2D eigenvalue weighted by atomic mass is 15.3. The summed E-state index contributed by atoms with van der Waals surface area (Å²) in [6.45, 7) is 6.13. The minimum Gasteiger partial charge on any atom is -0.308 e. The van der Waals surface area contributed by atoms with Gasteiger partial charge < -0.3 is 5.32 Å². The molecule has 2 rings (SSSR count). The lowest BCUT2D eigenvalue weighted by Crippen LogP contribution is -2.35. The summed E-state index contributed by atoms with van der Waals surface area (Å²) in [6, 6.07) is 2.94. The highest BCUT2D eigenvalue weighted by molar-refractivity contribution is 5.08. The van der Waals surface area contributed by atoms with Crippen molar-refractivity contribution in [3.63, 3.8) is 0 Å². The monoisotopic (exact) mass is 193 g/mol. The van der Waals surface area contributed by atoms with Crippen LogP contribution in [0.4, 0.5) is 0 Å². The number of aromatic nitrogens is 2. The van der Waals surface area contributed by atoms with E-state index in [2.05, 4.69) is 35.0 Å². The molecule has 14 heavy (non-hydrogen) atoms. The third-order valence-electron chi connectivity index (χ3n) is 2.96. The van der Waals surface area contributed by atoms with Crippen molar-refractivity contribution < 1.29 is 0 Å². The van der Waals surface area contributed by atoms with Crippen LogP contribution in [0.15, 0.2) is 6.07 Å². The molecule has 1 aliphatic carbocycles. The smallest absolute Gasteiger partial charge is 0.0597 e. The molecule has 78 valence electrons. The Balaban J connectivity index is 1.92. The molecule has 1 fully saturated rings. The summed E-state index contributed by atoms with van der Waals surface area (Å²) in [5, 5.41) is 7.99. The largest absolute Gasteiger partial charge is 0.308 e. The number of rotatable bonds is 4. The van der Waals surface area contributed by atoms with Crippen LogP contribution in [0.3, 0.4) is 0 Å². The van der Waals surface area contributed by atoms with Gasteiger partial charge in [0.15, 0.2) is 0 Å². The molecular weight excluding hydrogens is 174 g/mol. The quantitative estimate of drug-likeness (QED) is 0.791. The van der Waals surface area contributed by atoms with E-state index < -0.39 is 0 Å². The Morgan fingerprint density at radius 2 is 2.36 bits per heavy atom. The maximum atomic E-state index is 4.43. The number of hydrogen-bond acceptors (Lipinski definition) is 2. The van der Waals surface area contributed by atoms with Gasteiger partial charge >= 0.3 is 0 Å². The van der Waals surface area contributed by atoms with Gasteiger partial charge in [-0.2, -0.15) is 5.10 Å². The van der Waals surface area contributed by atoms with Crippen molar-refractivity contribution in [2.75, 3.05) is 0 Å². The summed E-state index contributed by atoms with van der Waals surface area (Å²) < 4.78 is 2.08. The fourth-order valence-corrected chi connectivity index (χ4v) is 1.88. The van der Waals surface area contributed by atoms with Gasteiger partial charge in [0.25, 0.3) is 0 Å². The maximum absolute atomic E-state index is 4.43. The van der Waals surface area contributed by atoms with Crippen LogP contribution < -0.4 is 5.32 Å². The van der Waals surface area contributed by atoms with Gasteiger partial charge in [0, 0.05) is 19.1 Å². The molecule has 0 bridgehead atoms. The Morgan fingerprint density at radius 1 is 1.57 bits per heavy atom. The first-order valence-electron chi connectivity index (χ1n) is 5.56. The van der Waals surface area contributed by atoms with Crippen LogP contribution in [0, 0.1) is 6.92 Å². The van der Waals surface area contributed by atoms with Crippen LogP contribution in [-0.4, -0.2) is 15.8 Å². The number of nitrogens with zero attached hydrogens (tertiary/aromatic N) is 2. The van der Waals surface area contributed by atoms with E-state index in [9.17, 15) is 0 Å². The highest BCUT2D eigenvalue weighted by Gasteiger charge is 2.16. The van der Waals surface area contributed by atoms with Gasteiger partial charge in [-0.1, -0.05) is 6.42 Å². The maximum Gasteiger partial charge on any atom is 0.0597 e. The number of hydrogen-bond donors (Lipinski definition) is 1. The zero-order chi connectivity index (χ0) is 9.97. The second kappa shape index (κ2) is 4.13. The lowest BCUT2D eigenvalue weighted by atomic mass is 9.93. The van der Waals surface area contributed by atoms with Gasteiger partial charge in [0.05, 0.1) is 11.4 Å². The lowest BCUT2D eigenvalue weighted by molar-refractivity contribution is 0.334. The third-order valence-corrected chi connectivity index (χ3v) is 2.96. The molecule has 3 nitrogen and oxygen atoms in total. The molecule has 0 aromatic carbocycles. The van der Waals surface area contributed by atoms with Gasteiger partial charge in [-0.15, -0.1) is 0 Å². The van der Waals surface area contributed by atoms with Gasteiger partial charge in [0.2, 0.25) is 0 Å². The summed E-state index contributed by atoms with van der Waals surface area (Å²) in [4.78, 5) is 0. The van der Waals surface area contributed by atoms with Crippen LogP contribution in [0.25, 0.3) is 0 Å². The highest BCUT2D eigenvalue weighted by Crippen LogP contribution is 2.18. The molecule has 0 saturated heterocycles. The first-order chi connectivity index (χ1) is 6.79. The molecule has 1 heterocycles. The average Bonchev–Trinajstić information content (AvgIpc) is 2.43. The first-order valence-corrected chi connectivity index (χ1v) is 5.56. The van der Waals surface area contributed by atoms with Gasteiger partial charge in [-0.05, 0) is 32.8 Å². The molecule has 1 aliphatic rings. The van der Waals surface area contributed by atoms with Crippen molar-refractivity contribution in [3.05, 3.63) is 17.5 Å². The fraction of sp³-hybridized carbons (Fsp3) is 0.727. The summed E-state index contributed by atoms with van der Waals surface area (Å²) in [5.74, 6) is 0. The molecule has 0 amide bonds. The first kappa shape index (κ1) is 9.71. The summed E-state index contributed by atoms with van der Waals surface area (Å²) in [7, 11) is 0. The Morgan fingerprint density at radius 3 is 2.93 bits per heavy atom. The van der Waals surface area contributed by atoms with Gasteiger partial charge in [0.1, 0.15) is 0 Å². The molecule has 1 aromatic rings. The van der Waals surface area contributed by atoms with Crippen molar-refractivity contribution >= 4 is 0 Å². The van der Waals surface area contributed by atoms with E-state index in [4.69, 9.17) is 0 Å². The third kappa shape index (κ3) is 1.98. The van der Waals surface area contributed by atoms with Crippen molar-refractivity contribution in [2.24, 2.45) is 0 Å². The predicted octanol–water partition coefficient (Wildman–Crippen LogP) is 1.85. The van der Waals surface area contributed by atoms with E-state index in [0.717, 1.165) is 24.8 Å². The molecule has 0 spiro atoms. The summed E-state index contributed by atoms with van der Waals surface area (Å²) in [5.41, 5.74) is 2.44. The van der Waals surface area contributed by atoms with Crippen LogP contribution in [0.2, 0.25) is 0 Å². The molecule has 1 aromatic heterocycles. The molecule has 0 unspecified atom stereocenters. The fourth-order valence-electron chi connectivity index (χ4n) is 1.88. The zero-order valence-corrected chi connectivity index (χ0v) is 9.08. The Bertz CT molecular complexity index is 299. The van der Waals surface area contributed by atoms with E-state index in [1.807, 2.05) is 0 Å². The van der Waals surface area contributed by atoms with E-state index in [0.29, 0.717) is 0 Å². The normalized spacial score (nSPS) is 17.0. The number of nitrogens with one attached hydrogen (secondary N) is 1. The van der Waals surface area contributed by atoms with Crippen molar-refractivity contribution in [3.8, 4) is 0 Å². The van der Waals surface area contributed by atoms with Gasteiger partial charge in [-0.3, -0.25) is 4.68 Å². The molecule has 0 radical (unpaired) electrons. The van der Waals surface area contributed by atoms with E-state index in [1.165, 1.54) is 25.0 Å². The van der Waals surface area contributed by atoms with Crippen LogP contribution in [0.5, 0.6) is 0 Å². The van der Waals surface area contributed by atoms with Crippen LogP contribution in [-0.2, 0) is 13.1 Å². The molecule has 0 atom stereocenters. The number of aryl methyl sites for hydroxylation is 2.